The monoisotopic (exact) mass is 226 g/mol. The number of carbonyl (C=O) groups excluding carboxylic acids is 1. The third kappa shape index (κ3) is 4.52. The molecule has 16 heavy (non-hydrogen) atoms. The number of hydrogen-bond acceptors (Lipinski definition) is 2. The first-order valence-electron chi connectivity index (χ1n) is 6.55. The first-order chi connectivity index (χ1) is 7.49. The molecule has 0 aliphatic heterocycles. The van der Waals surface area contributed by atoms with Crippen molar-refractivity contribution in [3.8, 4) is 0 Å². The third-order valence-electron chi connectivity index (χ3n) is 3.42. The van der Waals surface area contributed by atoms with Crippen LogP contribution < -0.4 is 11.1 Å². The summed E-state index contributed by atoms with van der Waals surface area (Å²) in [6.45, 7) is 6.47. The summed E-state index contributed by atoms with van der Waals surface area (Å²) in [5.74, 6) is 1.33. The Labute approximate surface area is 99.2 Å². The molecule has 1 aliphatic carbocycles. The van der Waals surface area contributed by atoms with E-state index in [-0.39, 0.29) is 11.9 Å². The van der Waals surface area contributed by atoms with Gasteiger partial charge in [-0.25, -0.2) is 0 Å². The van der Waals surface area contributed by atoms with Crippen molar-refractivity contribution in [2.24, 2.45) is 17.6 Å². The molecule has 0 spiro atoms. The van der Waals surface area contributed by atoms with Gasteiger partial charge in [0, 0.05) is 6.04 Å². The van der Waals surface area contributed by atoms with E-state index in [2.05, 4.69) is 26.1 Å². The largest absolute Gasteiger partial charge is 0.352 e. The molecule has 1 rings (SSSR count). The Hall–Kier alpha value is -0.570. The molecular weight excluding hydrogens is 200 g/mol. The minimum Gasteiger partial charge on any atom is -0.352 e. The molecule has 0 unspecified atom stereocenters. The van der Waals surface area contributed by atoms with Crippen LogP contribution in [0.15, 0.2) is 0 Å². The van der Waals surface area contributed by atoms with Crippen LogP contribution in [0.5, 0.6) is 0 Å². The van der Waals surface area contributed by atoms with Crippen LogP contribution in [0.25, 0.3) is 0 Å². The van der Waals surface area contributed by atoms with Gasteiger partial charge in [0.15, 0.2) is 0 Å². The number of amides is 1. The average Bonchev–Trinajstić information content (AvgIpc) is 2.20. The molecule has 0 heterocycles. The second kappa shape index (κ2) is 6.24. The molecule has 0 bridgehead atoms. The van der Waals surface area contributed by atoms with E-state index >= 15 is 0 Å². The van der Waals surface area contributed by atoms with Gasteiger partial charge in [0.05, 0.1) is 6.04 Å². The van der Waals surface area contributed by atoms with Crippen LogP contribution in [0.1, 0.15) is 52.9 Å². The van der Waals surface area contributed by atoms with Gasteiger partial charge < -0.3 is 11.1 Å². The minimum absolute atomic E-state index is 0.0354. The maximum absolute atomic E-state index is 11.8. The van der Waals surface area contributed by atoms with Gasteiger partial charge in [-0.15, -0.1) is 0 Å². The van der Waals surface area contributed by atoms with Crippen molar-refractivity contribution in [1.29, 1.82) is 0 Å². The zero-order valence-corrected chi connectivity index (χ0v) is 10.8. The fraction of sp³-hybridized carbons (Fsp3) is 0.923. The highest BCUT2D eigenvalue weighted by Gasteiger charge is 2.22. The molecule has 1 aliphatic rings. The zero-order valence-electron chi connectivity index (χ0n) is 10.8. The molecule has 0 aromatic rings. The Morgan fingerprint density at radius 1 is 1.31 bits per heavy atom. The van der Waals surface area contributed by atoms with Crippen molar-refractivity contribution in [1.82, 2.24) is 5.32 Å². The smallest absolute Gasteiger partial charge is 0.237 e. The molecule has 1 saturated carbocycles. The van der Waals surface area contributed by atoms with Gasteiger partial charge >= 0.3 is 0 Å². The Balaban J connectivity index is 2.28. The molecule has 3 N–H and O–H groups in total. The topological polar surface area (TPSA) is 55.1 Å². The highest BCUT2D eigenvalue weighted by molar-refractivity contribution is 5.81. The minimum atomic E-state index is -0.334. The van der Waals surface area contributed by atoms with E-state index in [0.717, 1.165) is 25.2 Å². The van der Waals surface area contributed by atoms with Crippen LogP contribution in [0.4, 0.5) is 0 Å². The van der Waals surface area contributed by atoms with Gasteiger partial charge in [0.2, 0.25) is 5.91 Å². The van der Waals surface area contributed by atoms with E-state index in [9.17, 15) is 4.79 Å². The molecule has 3 nitrogen and oxygen atoms in total. The summed E-state index contributed by atoms with van der Waals surface area (Å²) >= 11 is 0. The summed E-state index contributed by atoms with van der Waals surface area (Å²) in [7, 11) is 0. The molecule has 94 valence electrons. The molecular formula is C13H26N2O. The summed E-state index contributed by atoms with van der Waals surface area (Å²) in [4.78, 5) is 11.8. The first-order valence-corrected chi connectivity index (χ1v) is 6.55. The van der Waals surface area contributed by atoms with Crippen molar-refractivity contribution in [2.75, 3.05) is 0 Å². The molecule has 0 saturated heterocycles. The SMILES string of the molecule is CC(C)C[C@@H](N)C(=O)NC1CCC(C)CC1. The van der Waals surface area contributed by atoms with E-state index in [0.29, 0.717) is 12.0 Å². The fourth-order valence-corrected chi connectivity index (χ4v) is 2.33. The maximum atomic E-state index is 11.8. The van der Waals surface area contributed by atoms with E-state index < -0.39 is 0 Å². The zero-order chi connectivity index (χ0) is 12.1. The second-order valence-electron chi connectivity index (χ2n) is 5.70. The van der Waals surface area contributed by atoms with Gasteiger partial charge in [-0.1, -0.05) is 20.8 Å². The summed E-state index contributed by atoms with van der Waals surface area (Å²) < 4.78 is 0. The van der Waals surface area contributed by atoms with Crippen LogP contribution in [0, 0.1) is 11.8 Å². The van der Waals surface area contributed by atoms with E-state index in [4.69, 9.17) is 5.73 Å². The van der Waals surface area contributed by atoms with E-state index in [1.54, 1.807) is 0 Å². The van der Waals surface area contributed by atoms with Crippen LogP contribution >= 0.6 is 0 Å². The van der Waals surface area contributed by atoms with Crippen LogP contribution in [-0.2, 0) is 4.79 Å². The van der Waals surface area contributed by atoms with Crippen molar-refractivity contribution < 1.29 is 4.79 Å². The molecule has 0 aromatic heterocycles. The summed E-state index contributed by atoms with van der Waals surface area (Å²) in [5.41, 5.74) is 5.85. The van der Waals surface area contributed by atoms with Crippen molar-refractivity contribution in [3.63, 3.8) is 0 Å². The summed E-state index contributed by atoms with van der Waals surface area (Å²) in [6, 6.07) is 0.0289. The maximum Gasteiger partial charge on any atom is 0.237 e. The third-order valence-corrected chi connectivity index (χ3v) is 3.42. The Morgan fingerprint density at radius 3 is 2.38 bits per heavy atom. The van der Waals surface area contributed by atoms with Crippen LogP contribution in [0.3, 0.4) is 0 Å². The lowest BCUT2D eigenvalue weighted by Crippen LogP contribution is -2.46. The summed E-state index contributed by atoms with van der Waals surface area (Å²) in [6.07, 6.45) is 5.45. The number of rotatable bonds is 4. The van der Waals surface area contributed by atoms with Gasteiger partial charge in [0.1, 0.15) is 0 Å². The van der Waals surface area contributed by atoms with E-state index in [1.807, 2.05) is 0 Å². The highest BCUT2D eigenvalue weighted by atomic mass is 16.2. The van der Waals surface area contributed by atoms with Gasteiger partial charge in [-0.3, -0.25) is 4.79 Å². The predicted octanol–water partition coefficient (Wildman–Crippen LogP) is 2.05. The normalized spacial score (nSPS) is 27.8. The Kier molecular flexibility index (Phi) is 5.26. The molecule has 3 heteroatoms. The Bertz CT molecular complexity index is 220. The number of carbonyl (C=O) groups is 1. The fourth-order valence-electron chi connectivity index (χ4n) is 2.33. The molecule has 1 fully saturated rings. The van der Waals surface area contributed by atoms with E-state index in [1.165, 1.54) is 12.8 Å². The van der Waals surface area contributed by atoms with Crippen molar-refractivity contribution in [3.05, 3.63) is 0 Å². The lowest BCUT2D eigenvalue weighted by atomic mass is 9.87. The lowest BCUT2D eigenvalue weighted by molar-refractivity contribution is -0.123. The van der Waals surface area contributed by atoms with Crippen LogP contribution in [0.2, 0.25) is 0 Å². The lowest BCUT2D eigenvalue weighted by Gasteiger charge is -2.28. The Morgan fingerprint density at radius 2 is 1.88 bits per heavy atom. The van der Waals surface area contributed by atoms with Gasteiger partial charge in [-0.2, -0.15) is 0 Å². The highest BCUT2D eigenvalue weighted by Crippen LogP contribution is 2.23. The summed E-state index contributed by atoms with van der Waals surface area (Å²) in [5, 5.41) is 3.08. The molecule has 1 atom stereocenters. The number of nitrogens with one attached hydrogen (secondary N) is 1. The van der Waals surface area contributed by atoms with Crippen molar-refractivity contribution >= 4 is 5.91 Å². The first kappa shape index (κ1) is 13.5. The second-order valence-corrected chi connectivity index (χ2v) is 5.70. The number of hydrogen-bond donors (Lipinski definition) is 2. The standard InChI is InChI=1S/C13H26N2O/c1-9(2)8-12(14)13(16)15-11-6-4-10(3)5-7-11/h9-12H,4-8,14H2,1-3H3,(H,15,16)/t10?,11?,12-/m1/s1. The number of nitrogens with two attached hydrogens (primary N) is 1. The van der Waals surface area contributed by atoms with Gasteiger partial charge in [-0.05, 0) is 43.9 Å². The predicted molar refractivity (Wildman–Crippen MR) is 67.0 cm³/mol. The molecule has 0 radical (unpaired) electrons. The quantitative estimate of drug-likeness (QED) is 0.771. The molecule has 0 aromatic carbocycles. The van der Waals surface area contributed by atoms with Gasteiger partial charge in [0.25, 0.3) is 0 Å². The van der Waals surface area contributed by atoms with Crippen molar-refractivity contribution in [2.45, 2.75) is 65.0 Å². The molecule has 1 amide bonds. The van der Waals surface area contributed by atoms with Crippen LogP contribution in [-0.4, -0.2) is 18.0 Å². The average molecular weight is 226 g/mol.